The molecular formula is C15H23NO2. The molecule has 0 spiro atoms. The van der Waals surface area contributed by atoms with Crippen molar-refractivity contribution in [2.24, 2.45) is 11.7 Å². The van der Waals surface area contributed by atoms with Crippen LogP contribution in [0.15, 0.2) is 30.3 Å². The van der Waals surface area contributed by atoms with Crippen molar-refractivity contribution in [3.63, 3.8) is 0 Å². The second kappa shape index (κ2) is 6.55. The summed E-state index contributed by atoms with van der Waals surface area (Å²) < 4.78 is 4.76. The highest BCUT2D eigenvalue weighted by Gasteiger charge is 2.30. The monoisotopic (exact) mass is 249 g/mol. The predicted octanol–water partition coefficient (Wildman–Crippen LogP) is 2.84. The summed E-state index contributed by atoms with van der Waals surface area (Å²) >= 11 is 0. The molecule has 100 valence electrons. The third kappa shape index (κ3) is 4.15. The summed E-state index contributed by atoms with van der Waals surface area (Å²) in [5, 5.41) is 0. The summed E-state index contributed by atoms with van der Waals surface area (Å²) in [4.78, 5) is 11.5. The van der Waals surface area contributed by atoms with Crippen molar-refractivity contribution in [2.45, 2.75) is 38.6 Å². The molecular weight excluding hydrogens is 226 g/mol. The minimum atomic E-state index is -0.626. The van der Waals surface area contributed by atoms with E-state index in [1.54, 1.807) is 0 Å². The van der Waals surface area contributed by atoms with Crippen molar-refractivity contribution in [1.29, 1.82) is 0 Å². The van der Waals surface area contributed by atoms with E-state index in [1.165, 1.54) is 7.11 Å². The van der Waals surface area contributed by atoms with Crippen molar-refractivity contribution in [3.8, 4) is 0 Å². The molecule has 0 saturated carbocycles. The molecule has 0 fully saturated rings. The van der Waals surface area contributed by atoms with Gasteiger partial charge in [-0.15, -0.1) is 0 Å². The molecule has 1 aromatic rings. The summed E-state index contributed by atoms with van der Waals surface area (Å²) in [5.41, 5.74) is 6.81. The van der Waals surface area contributed by atoms with Crippen LogP contribution in [0.3, 0.4) is 0 Å². The molecule has 0 saturated heterocycles. The van der Waals surface area contributed by atoms with Gasteiger partial charge in [-0.3, -0.25) is 4.79 Å². The maximum atomic E-state index is 11.5. The number of carbonyl (C=O) groups excluding carboxylic acids is 1. The average Bonchev–Trinajstić information content (AvgIpc) is 2.37. The highest BCUT2D eigenvalue weighted by molar-refractivity contribution is 5.71. The van der Waals surface area contributed by atoms with E-state index in [-0.39, 0.29) is 12.4 Å². The second-order valence-corrected chi connectivity index (χ2v) is 5.21. The van der Waals surface area contributed by atoms with Crippen LogP contribution >= 0.6 is 0 Å². The van der Waals surface area contributed by atoms with Crippen LogP contribution in [0.4, 0.5) is 0 Å². The minimum absolute atomic E-state index is 0.222. The van der Waals surface area contributed by atoms with Gasteiger partial charge in [-0.2, -0.15) is 0 Å². The summed E-state index contributed by atoms with van der Waals surface area (Å²) in [5.74, 6) is 0.305. The lowest BCUT2D eigenvalue weighted by atomic mass is 9.82. The van der Waals surface area contributed by atoms with Crippen LogP contribution in [-0.4, -0.2) is 13.1 Å². The van der Waals surface area contributed by atoms with E-state index in [4.69, 9.17) is 10.5 Å². The van der Waals surface area contributed by atoms with E-state index < -0.39 is 5.54 Å². The lowest BCUT2D eigenvalue weighted by molar-refractivity contribution is -0.142. The quantitative estimate of drug-likeness (QED) is 0.789. The standard InChI is InChI=1S/C15H23NO2/c1-12(2)9-10-15(16,11-14(17)18-3)13-7-5-4-6-8-13/h4-8,12H,9-11,16H2,1-3H3. The number of methoxy groups -OCH3 is 1. The van der Waals surface area contributed by atoms with E-state index in [0.717, 1.165) is 18.4 Å². The SMILES string of the molecule is COC(=O)CC(N)(CCC(C)C)c1ccccc1. The maximum absolute atomic E-state index is 11.5. The third-order valence-corrected chi connectivity index (χ3v) is 3.20. The fraction of sp³-hybridized carbons (Fsp3) is 0.533. The van der Waals surface area contributed by atoms with Crippen LogP contribution in [0.2, 0.25) is 0 Å². The number of hydrogen-bond acceptors (Lipinski definition) is 3. The van der Waals surface area contributed by atoms with Crippen molar-refractivity contribution in [3.05, 3.63) is 35.9 Å². The zero-order valence-electron chi connectivity index (χ0n) is 11.5. The Morgan fingerprint density at radius 1 is 1.33 bits per heavy atom. The lowest BCUT2D eigenvalue weighted by Gasteiger charge is -2.29. The number of esters is 1. The first-order valence-corrected chi connectivity index (χ1v) is 6.39. The molecule has 1 aromatic carbocycles. The van der Waals surface area contributed by atoms with Gasteiger partial charge in [0.25, 0.3) is 0 Å². The maximum Gasteiger partial charge on any atom is 0.307 e. The van der Waals surface area contributed by atoms with Crippen LogP contribution in [-0.2, 0) is 15.1 Å². The number of ether oxygens (including phenoxy) is 1. The zero-order valence-corrected chi connectivity index (χ0v) is 11.5. The first-order valence-electron chi connectivity index (χ1n) is 6.39. The number of benzene rings is 1. The highest BCUT2D eigenvalue weighted by atomic mass is 16.5. The highest BCUT2D eigenvalue weighted by Crippen LogP contribution is 2.29. The van der Waals surface area contributed by atoms with Crippen molar-refractivity contribution in [2.75, 3.05) is 7.11 Å². The summed E-state index contributed by atoms with van der Waals surface area (Å²) in [7, 11) is 1.40. The van der Waals surface area contributed by atoms with Gasteiger partial charge < -0.3 is 10.5 Å². The Morgan fingerprint density at radius 3 is 2.44 bits per heavy atom. The fourth-order valence-corrected chi connectivity index (χ4v) is 1.98. The Hall–Kier alpha value is -1.35. The molecule has 0 aromatic heterocycles. The molecule has 0 heterocycles. The Labute approximate surface area is 109 Å². The molecule has 18 heavy (non-hydrogen) atoms. The molecule has 0 amide bonds. The molecule has 0 aliphatic carbocycles. The summed E-state index contributed by atoms with van der Waals surface area (Å²) in [6.45, 7) is 4.31. The van der Waals surface area contributed by atoms with Crippen LogP contribution < -0.4 is 5.73 Å². The normalized spacial score (nSPS) is 14.3. The second-order valence-electron chi connectivity index (χ2n) is 5.21. The molecule has 0 radical (unpaired) electrons. The Kier molecular flexibility index (Phi) is 5.35. The Balaban J connectivity index is 2.90. The van der Waals surface area contributed by atoms with Crippen LogP contribution in [0.5, 0.6) is 0 Å². The fourth-order valence-electron chi connectivity index (χ4n) is 1.98. The molecule has 1 unspecified atom stereocenters. The van der Waals surface area contributed by atoms with Gasteiger partial charge in [0.15, 0.2) is 0 Å². The largest absolute Gasteiger partial charge is 0.469 e. The number of carbonyl (C=O) groups is 1. The predicted molar refractivity (Wildman–Crippen MR) is 73.0 cm³/mol. The third-order valence-electron chi connectivity index (χ3n) is 3.20. The van der Waals surface area contributed by atoms with Crippen molar-refractivity contribution in [1.82, 2.24) is 0 Å². The molecule has 1 rings (SSSR count). The van der Waals surface area contributed by atoms with Crippen LogP contribution in [0.25, 0.3) is 0 Å². The molecule has 0 aliphatic rings. The zero-order chi connectivity index (χ0) is 13.6. The Bertz CT molecular complexity index is 375. The van der Waals surface area contributed by atoms with E-state index in [0.29, 0.717) is 5.92 Å². The molecule has 2 N–H and O–H groups in total. The van der Waals surface area contributed by atoms with Gasteiger partial charge in [0, 0.05) is 0 Å². The first-order chi connectivity index (χ1) is 8.48. The summed E-state index contributed by atoms with van der Waals surface area (Å²) in [6, 6.07) is 9.80. The topological polar surface area (TPSA) is 52.3 Å². The number of rotatable bonds is 6. The lowest BCUT2D eigenvalue weighted by Crippen LogP contribution is -2.39. The summed E-state index contributed by atoms with van der Waals surface area (Å²) in [6.07, 6.45) is 1.99. The van der Waals surface area contributed by atoms with Gasteiger partial charge in [0.2, 0.25) is 0 Å². The number of nitrogens with two attached hydrogens (primary N) is 1. The van der Waals surface area contributed by atoms with E-state index in [1.807, 2.05) is 30.3 Å². The van der Waals surface area contributed by atoms with Crippen LogP contribution in [0, 0.1) is 5.92 Å². The van der Waals surface area contributed by atoms with Crippen molar-refractivity contribution < 1.29 is 9.53 Å². The molecule has 3 heteroatoms. The van der Waals surface area contributed by atoms with Crippen LogP contribution in [0.1, 0.15) is 38.7 Å². The first kappa shape index (κ1) is 14.7. The number of hydrogen-bond donors (Lipinski definition) is 1. The van der Waals surface area contributed by atoms with Gasteiger partial charge in [-0.05, 0) is 24.3 Å². The smallest absolute Gasteiger partial charge is 0.307 e. The molecule has 0 aliphatic heterocycles. The van der Waals surface area contributed by atoms with E-state index in [2.05, 4.69) is 13.8 Å². The molecule has 1 atom stereocenters. The van der Waals surface area contributed by atoms with Gasteiger partial charge in [-0.1, -0.05) is 44.2 Å². The Morgan fingerprint density at radius 2 is 1.94 bits per heavy atom. The van der Waals surface area contributed by atoms with Gasteiger partial charge in [0.05, 0.1) is 19.1 Å². The molecule has 3 nitrogen and oxygen atoms in total. The van der Waals surface area contributed by atoms with E-state index in [9.17, 15) is 4.79 Å². The minimum Gasteiger partial charge on any atom is -0.469 e. The van der Waals surface area contributed by atoms with Gasteiger partial charge in [0.1, 0.15) is 0 Å². The van der Waals surface area contributed by atoms with Gasteiger partial charge >= 0.3 is 5.97 Å². The van der Waals surface area contributed by atoms with E-state index >= 15 is 0 Å². The average molecular weight is 249 g/mol. The van der Waals surface area contributed by atoms with Crippen molar-refractivity contribution >= 4 is 5.97 Å². The van der Waals surface area contributed by atoms with Gasteiger partial charge in [-0.25, -0.2) is 0 Å². The molecule has 0 bridgehead atoms.